The van der Waals surface area contributed by atoms with Gasteiger partial charge in [-0.15, -0.1) is 0 Å². The van der Waals surface area contributed by atoms with Crippen molar-refractivity contribution in [3.8, 4) is 0 Å². The fourth-order valence-electron chi connectivity index (χ4n) is 3.16. The van der Waals surface area contributed by atoms with Crippen LogP contribution in [0.1, 0.15) is 26.2 Å². The van der Waals surface area contributed by atoms with Gasteiger partial charge < -0.3 is 9.76 Å². The van der Waals surface area contributed by atoms with Crippen LogP contribution >= 0.6 is 0 Å². The Morgan fingerprint density at radius 3 is 3.20 bits per heavy atom. The lowest BCUT2D eigenvalue weighted by Crippen LogP contribution is -2.31. The second-order valence-corrected chi connectivity index (χ2v) is 5.72. The first kappa shape index (κ1) is 13.7. The van der Waals surface area contributed by atoms with Crippen LogP contribution in [0, 0.1) is 11.8 Å². The highest BCUT2D eigenvalue weighted by Gasteiger charge is 2.48. The fourth-order valence-corrected chi connectivity index (χ4v) is 3.16. The van der Waals surface area contributed by atoms with Gasteiger partial charge in [0.2, 0.25) is 0 Å². The molecule has 0 bridgehead atoms. The highest BCUT2D eigenvalue weighted by molar-refractivity contribution is 6.32. The number of nitrogens with one attached hydrogen (secondary N) is 1. The molecule has 3 rings (SSSR count). The van der Waals surface area contributed by atoms with E-state index in [9.17, 15) is 9.90 Å². The summed E-state index contributed by atoms with van der Waals surface area (Å²) in [4.78, 5) is 17.1. The molecule has 0 saturated heterocycles. The van der Waals surface area contributed by atoms with Gasteiger partial charge in [0, 0.05) is 6.54 Å². The van der Waals surface area contributed by atoms with Crippen LogP contribution in [-0.4, -0.2) is 31.2 Å². The molecular formula is C14H20BNO4. The van der Waals surface area contributed by atoms with E-state index in [-0.39, 0.29) is 6.10 Å². The average molecular weight is 277 g/mol. The van der Waals surface area contributed by atoms with Crippen LogP contribution in [0.25, 0.3) is 0 Å². The molecule has 0 spiro atoms. The number of fused-ring (bicyclic) bond motifs is 2. The predicted molar refractivity (Wildman–Crippen MR) is 75.2 cm³/mol. The Hall–Kier alpha value is -1.27. The van der Waals surface area contributed by atoms with Crippen molar-refractivity contribution in [3.63, 3.8) is 0 Å². The monoisotopic (exact) mass is 277 g/mol. The lowest BCUT2D eigenvalue weighted by molar-refractivity contribution is -0.142. The summed E-state index contributed by atoms with van der Waals surface area (Å²) in [5.41, 5.74) is 4.01. The molecule has 0 aromatic heterocycles. The molecule has 108 valence electrons. The molecule has 5 nitrogen and oxygen atoms in total. The van der Waals surface area contributed by atoms with Crippen molar-refractivity contribution in [2.75, 3.05) is 6.54 Å². The first-order chi connectivity index (χ1) is 9.70. The summed E-state index contributed by atoms with van der Waals surface area (Å²) >= 11 is 0. The van der Waals surface area contributed by atoms with Crippen molar-refractivity contribution in [2.45, 2.75) is 38.1 Å². The molecule has 6 heteroatoms. The van der Waals surface area contributed by atoms with Gasteiger partial charge in [-0.25, -0.2) is 5.48 Å². The highest BCUT2D eigenvalue weighted by Crippen LogP contribution is 2.55. The van der Waals surface area contributed by atoms with Crippen LogP contribution in [0.5, 0.6) is 0 Å². The molecule has 2 N–H and O–H groups in total. The number of hydroxylamine groups is 1. The largest absolute Gasteiger partial charge is 0.566 e. The Labute approximate surface area is 119 Å². The predicted octanol–water partition coefficient (Wildman–Crippen LogP) is 1.39. The molecule has 1 aliphatic heterocycles. The van der Waals surface area contributed by atoms with Crippen molar-refractivity contribution in [1.82, 2.24) is 5.48 Å². The molecular weight excluding hydrogens is 257 g/mol. The summed E-state index contributed by atoms with van der Waals surface area (Å²) in [6, 6.07) is 0. The molecule has 4 unspecified atom stereocenters. The normalized spacial score (nSPS) is 36.6. The van der Waals surface area contributed by atoms with Crippen LogP contribution < -0.4 is 5.48 Å². The van der Waals surface area contributed by atoms with E-state index in [1.807, 2.05) is 13.0 Å². The molecule has 1 saturated carbocycles. The molecule has 20 heavy (non-hydrogen) atoms. The summed E-state index contributed by atoms with van der Waals surface area (Å²) < 4.78 is 5.79. The van der Waals surface area contributed by atoms with E-state index in [1.165, 1.54) is 5.57 Å². The lowest BCUT2D eigenvalue weighted by Gasteiger charge is -2.28. The third-order valence-corrected chi connectivity index (χ3v) is 4.29. The van der Waals surface area contributed by atoms with Gasteiger partial charge in [-0.3, -0.25) is 9.63 Å². The number of allylic oxidation sites excluding steroid dienone is 2. The topological polar surface area (TPSA) is 67.8 Å². The van der Waals surface area contributed by atoms with Crippen LogP contribution in [0.3, 0.4) is 0 Å². The van der Waals surface area contributed by atoms with Crippen LogP contribution in [-0.2, 0) is 14.3 Å². The zero-order valence-corrected chi connectivity index (χ0v) is 11.7. The van der Waals surface area contributed by atoms with E-state index in [0.29, 0.717) is 37.9 Å². The van der Waals surface area contributed by atoms with Crippen LogP contribution in [0.2, 0.25) is 5.82 Å². The van der Waals surface area contributed by atoms with Crippen molar-refractivity contribution in [2.24, 2.45) is 11.8 Å². The minimum Gasteiger partial charge on any atom is -0.566 e. The van der Waals surface area contributed by atoms with E-state index >= 15 is 0 Å². The van der Waals surface area contributed by atoms with Crippen molar-refractivity contribution >= 4 is 13.5 Å². The minimum atomic E-state index is -0.822. The molecule has 1 heterocycles. The Morgan fingerprint density at radius 2 is 2.45 bits per heavy atom. The summed E-state index contributed by atoms with van der Waals surface area (Å²) in [6.07, 6.45) is 6.16. The molecule has 0 aromatic carbocycles. The van der Waals surface area contributed by atoms with Gasteiger partial charge >= 0.3 is 13.5 Å². The molecule has 4 atom stereocenters. The number of carbonyl (C=O) groups is 1. The van der Waals surface area contributed by atoms with Gasteiger partial charge in [0.15, 0.2) is 0 Å². The Balaban J connectivity index is 1.82. The zero-order valence-electron chi connectivity index (χ0n) is 11.7. The average Bonchev–Trinajstić information content (AvgIpc) is 3.17. The lowest BCUT2D eigenvalue weighted by atomic mass is 9.80. The fraction of sp³-hybridized carbons (Fsp3) is 0.643. The second-order valence-electron chi connectivity index (χ2n) is 5.72. The van der Waals surface area contributed by atoms with Crippen molar-refractivity contribution in [3.05, 3.63) is 23.5 Å². The Kier molecular flexibility index (Phi) is 3.85. The van der Waals surface area contributed by atoms with Crippen LogP contribution in [0.4, 0.5) is 0 Å². The van der Waals surface area contributed by atoms with E-state index in [0.717, 1.165) is 12.8 Å². The maximum Gasteiger partial charge on any atom is 0.343 e. The number of rotatable bonds is 4. The number of carboxylic acid groups (broad SMARTS) is 1. The quantitative estimate of drug-likeness (QED) is 0.462. The van der Waals surface area contributed by atoms with Crippen molar-refractivity contribution < 1.29 is 19.4 Å². The van der Waals surface area contributed by atoms with Crippen LogP contribution in [0.15, 0.2) is 23.5 Å². The van der Waals surface area contributed by atoms with E-state index < -0.39 is 11.9 Å². The Morgan fingerprint density at radius 1 is 1.60 bits per heavy atom. The van der Waals surface area contributed by atoms with Gasteiger partial charge in [0.05, 0.1) is 11.9 Å². The standard InChI is InChI=1S/C14H20BNO4/c1-2-16-20-8-4-3-5-9-10-7-12(10)15-19-13(9)11(6-8)14(17)18/h3-4,8,10-12,15-16H,2,5-7H2,1H3,(H,17,18)/b4-3-. The smallest absolute Gasteiger partial charge is 0.343 e. The number of hydrogen-bond donors (Lipinski definition) is 2. The second kappa shape index (κ2) is 5.62. The third-order valence-electron chi connectivity index (χ3n) is 4.29. The molecule has 0 radical (unpaired) electrons. The molecule has 3 aliphatic rings. The van der Waals surface area contributed by atoms with Crippen molar-refractivity contribution in [1.29, 1.82) is 0 Å². The molecule has 0 aromatic rings. The zero-order chi connectivity index (χ0) is 14.1. The first-order valence-electron chi connectivity index (χ1n) is 7.34. The highest BCUT2D eigenvalue weighted by atomic mass is 16.7. The number of carboxylic acids is 1. The van der Waals surface area contributed by atoms with Gasteiger partial charge in [0.1, 0.15) is 5.92 Å². The summed E-state index contributed by atoms with van der Waals surface area (Å²) in [6.45, 7) is 2.63. The summed E-state index contributed by atoms with van der Waals surface area (Å²) in [5, 5.41) is 9.52. The summed E-state index contributed by atoms with van der Waals surface area (Å²) in [5.74, 6) is 0.448. The van der Waals surface area contributed by atoms with E-state index in [2.05, 4.69) is 11.6 Å². The van der Waals surface area contributed by atoms with E-state index in [1.54, 1.807) is 0 Å². The van der Waals surface area contributed by atoms with Gasteiger partial charge in [-0.1, -0.05) is 19.1 Å². The Bertz CT molecular complexity index is 462. The third kappa shape index (κ3) is 2.62. The first-order valence-corrected chi connectivity index (χ1v) is 7.34. The summed E-state index contributed by atoms with van der Waals surface area (Å²) in [7, 11) is 0.676. The maximum atomic E-state index is 11.6. The SMILES string of the molecule is CCNOC1/C=C\CC2=C(OBC3CC23)C(C(=O)O)C1. The number of hydrogen-bond acceptors (Lipinski definition) is 4. The maximum absolute atomic E-state index is 11.6. The van der Waals surface area contributed by atoms with Gasteiger partial charge in [-0.05, 0) is 36.6 Å². The molecule has 0 amide bonds. The minimum absolute atomic E-state index is 0.231. The molecule has 2 aliphatic carbocycles. The van der Waals surface area contributed by atoms with Gasteiger partial charge in [-0.2, -0.15) is 0 Å². The molecule has 1 fully saturated rings. The van der Waals surface area contributed by atoms with Gasteiger partial charge in [0.25, 0.3) is 0 Å². The number of aliphatic carboxylic acids is 1. The van der Waals surface area contributed by atoms with E-state index in [4.69, 9.17) is 9.49 Å².